The molecule has 2 aliphatic heterocycles. The Hall–Kier alpha value is -3.72. The van der Waals surface area contributed by atoms with Gasteiger partial charge in [-0.2, -0.15) is 0 Å². The lowest BCUT2D eigenvalue weighted by Crippen LogP contribution is -2.51. The van der Waals surface area contributed by atoms with Crippen LogP contribution in [0.3, 0.4) is 0 Å². The van der Waals surface area contributed by atoms with Crippen LogP contribution in [0.15, 0.2) is 59.7 Å². The van der Waals surface area contributed by atoms with Crippen LogP contribution in [0, 0.1) is 18.6 Å². The number of aliphatic hydroxyl groups excluding tert-OH is 1. The lowest BCUT2D eigenvalue weighted by atomic mass is 9.91. The Balaban J connectivity index is 1.51. The molecule has 7 nitrogen and oxygen atoms in total. The molecule has 1 aromatic heterocycles. The SMILES string of the molecule is COc1cc(/C=C2\CCCN3C2=NOC(C(C)O)[C@@H]3c2cc(F)cc(F)c2)ccc1-n1cnc(C)c1. The van der Waals surface area contributed by atoms with Crippen molar-refractivity contribution in [3.8, 4) is 11.4 Å². The standard InChI is InChI=1S/C27H28F2N4O3/c1-16-14-32(15-30-16)23-7-6-18(10-24(23)35-3)9-19-5-4-8-33-25(20-11-21(28)13-22(29)12-20)26(17(2)34)36-31-27(19)33/h6-7,9-15,17,25-26,34H,4-5,8H2,1-3H3/b19-9+/t17?,25-,26?/m0/s1. The number of fused-ring (bicyclic) bond motifs is 1. The molecule has 0 saturated carbocycles. The average molecular weight is 495 g/mol. The fourth-order valence-corrected chi connectivity index (χ4v) is 4.93. The number of oxime groups is 1. The summed E-state index contributed by atoms with van der Waals surface area (Å²) >= 11 is 0. The summed E-state index contributed by atoms with van der Waals surface area (Å²) in [6.07, 6.45) is 5.59. The van der Waals surface area contributed by atoms with Crippen molar-refractivity contribution < 1.29 is 23.5 Å². The molecular formula is C27H28F2N4O3. The van der Waals surface area contributed by atoms with E-state index in [0.29, 0.717) is 23.7 Å². The zero-order valence-electron chi connectivity index (χ0n) is 20.4. The third kappa shape index (κ3) is 4.58. The molecule has 188 valence electrons. The van der Waals surface area contributed by atoms with E-state index in [1.165, 1.54) is 12.1 Å². The molecule has 3 heterocycles. The second kappa shape index (κ2) is 9.73. The van der Waals surface area contributed by atoms with E-state index in [-0.39, 0.29) is 0 Å². The quantitative estimate of drug-likeness (QED) is 0.553. The van der Waals surface area contributed by atoms with Gasteiger partial charge in [0.2, 0.25) is 0 Å². The molecule has 1 saturated heterocycles. The number of aromatic nitrogens is 2. The maximum absolute atomic E-state index is 14.1. The van der Waals surface area contributed by atoms with Gasteiger partial charge in [0.05, 0.1) is 37.0 Å². The van der Waals surface area contributed by atoms with Crippen molar-refractivity contribution >= 4 is 11.9 Å². The minimum absolute atomic E-state index is 0.397. The van der Waals surface area contributed by atoms with Gasteiger partial charge >= 0.3 is 0 Å². The summed E-state index contributed by atoms with van der Waals surface area (Å²) in [5.41, 5.74) is 4.02. The molecule has 2 aliphatic rings. The lowest BCUT2D eigenvalue weighted by molar-refractivity contribution is -0.0830. The molecule has 0 amide bonds. The van der Waals surface area contributed by atoms with Crippen molar-refractivity contribution in [3.05, 3.63) is 83.0 Å². The molecule has 1 N–H and O–H groups in total. The van der Waals surface area contributed by atoms with E-state index in [2.05, 4.69) is 10.1 Å². The summed E-state index contributed by atoms with van der Waals surface area (Å²) in [4.78, 5) is 12.0. The Bertz CT molecular complexity index is 1310. The fourth-order valence-electron chi connectivity index (χ4n) is 4.93. The van der Waals surface area contributed by atoms with Gasteiger partial charge < -0.3 is 24.1 Å². The molecule has 3 atom stereocenters. The summed E-state index contributed by atoms with van der Waals surface area (Å²) in [7, 11) is 1.62. The van der Waals surface area contributed by atoms with Gasteiger partial charge in [0.1, 0.15) is 17.4 Å². The van der Waals surface area contributed by atoms with Crippen LogP contribution in [0.25, 0.3) is 11.8 Å². The average Bonchev–Trinajstić information content (AvgIpc) is 3.28. The topological polar surface area (TPSA) is 72.1 Å². The maximum atomic E-state index is 14.1. The van der Waals surface area contributed by atoms with Crippen LogP contribution in [0.1, 0.15) is 42.6 Å². The number of ether oxygens (including phenoxy) is 1. The summed E-state index contributed by atoms with van der Waals surface area (Å²) in [5, 5.41) is 14.7. The smallest absolute Gasteiger partial charge is 0.177 e. The Morgan fingerprint density at radius 1 is 1.19 bits per heavy atom. The number of halogens is 2. The number of hydrogen-bond donors (Lipinski definition) is 1. The Morgan fingerprint density at radius 2 is 1.97 bits per heavy atom. The molecule has 1 fully saturated rings. The summed E-state index contributed by atoms with van der Waals surface area (Å²) in [6.45, 7) is 4.13. The number of piperidine rings is 1. The van der Waals surface area contributed by atoms with Gasteiger partial charge in [0, 0.05) is 18.8 Å². The van der Waals surface area contributed by atoms with Crippen LogP contribution < -0.4 is 4.74 Å². The number of imidazole rings is 1. The van der Waals surface area contributed by atoms with Crippen LogP contribution in [0.4, 0.5) is 8.78 Å². The van der Waals surface area contributed by atoms with Crippen molar-refractivity contribution in [2.75, 3.05) is 13.7 Å². The number of methoxy groups -OCH3 is 1. The third-order valence-electron chi connectivity index (χ3n) is 6.55. The van der Waals surface area contributed by atoms with E-state index in [1.54, 1.807) is 20.4 Å². The molecular weight excluding hydrogens is 466 g/mol. The van der Waals surface area contributed by atoms with Gasteiger partial charge in [-0.05, 0) is 73.7 Å². The number of aryl methyl sites for hydroxylation is 1. The van der Waals surface area contributed by atoms with Gasteiger partial charge in [-0.1, -0.05) is 11.2 Å². The molecule has 2 unspecified atom stereocenters. The Morgan fingerprint density at radius 3 is 2.64 bits per heavy atom. The molecule has 0 aliphatic carbocycles. The second-order valence-corrected chi connectivity index (χ2v) is 9.19. The summed E-state index contributed by atoms with van der Waals surface area (Å²) in [6, 6.07) is 8.72. The van der Waals surface area contributed by atoms with Crippen LogP contribution in [0.2, 0.25) is 0 Å². The van der Waals surface area contributed by atoms with E-state index in [1.807, 2.05) is 46.9 Å². The first-order valence-corrected chi connectivity index (χ1v) is 11.9. The second-order valence-electron chi connectivity index (χ2n) is 9.19. The van der Waals surface area contributed by atoms with Crippen LogP contribution >= 0.6 is 0 Å². The lowest BCUT2D eigenvalue weighted by Gasteiger charge is -2.44. The van der Waals surface area contributed by atoms with Gasteiger partial charge in [0.25, 0.3) is 0 Å². The molecule has 0 bridgehead atoms. The summed E-state index contributed by atoms with van der Waals surface area (Å²) in [5.74, 6) is -0.0578. The predicted octanol–water partition coefficient (Wildman–Crippen LogP) is 4.78. The van der Waals surface area contributed by atoms with Crippen molar-refractivity contribution in [1.82, 2.24) is 14.5 Å². The number of nitrogens with zero attached hydrogens (tertiary/aromatic N) is 4. The molecule has 9 heteroatoms. The van der Waals surface area contributed by atoms with E-state index in [9.17, 15) is 13.9 Å². The zero-order chi connectivity index (χ0) is 25.4. The highest BCUT2D eigenvalue weighted by atomic mass is 19.1. The van der Waals surface area contributed by atoms with Crippen LogP contribution in [-0.4, -0.2) is 51.3 Å². The number of amidine groups is 1. The molecule has 2 aromatic carbocycles. The van der Waals surface area contributed by atoms with Gasteiger partial charge in [-0.15, -0.1) is 0 Å². The minimum Gasteiger partial charge on any atom is -0.495 e. The van der Waals surface area contributed by atoms with Crippen molar-refractivity contribution in [1.29, 1.82) is 0 Å². The molecule has 5 rings (SSSR count). The first-order valence-electron chi connectivity index (χ1n) is 11.9. The van der Waals surface area contributed by atoms with E-state index in [4.69, 9.17) is 9.57 Å². The predicted molar refractivity (Wildman–Crippen MR) is 132 cm³/mol. The highest BCUT2D eigenvalue weighted by molar-refractivity contribution is 6.03. The Labute approximate surface area is 208 Å². The first kappa shape index (κ1) is 24.0. The number of hydrogen-bond acceptors (Lipinski definition) is 6. The summed E-state index contributed by atoms with van der Waals surface area (Å²) < 4.78 is 35.8. The monoisotopic (exact) mass is 494 g/mol. The zero-order valence-corrected chi connectivity index (χ0v) is 20.4. The van der Waals surface area contributed by atoms with Gasteiger partial charge in [-0.25, -0.2) is 13.8 Å². The van der Waals surface area contributed by atoms with Gasteiger partial charge in [-0.3, -0.25) is 0 Å². The third-order valence-corrected chi connectivity index (χ3v) is 6.55. The normalized spacial score (nSPS) is 21.6. The number of aliphatic hydroxyl groups is 1. The van der Waals surface area contributed by atoms with Crippen LogP contribution in [-0.2, 0) is 4.84 Å². The molecule has 36 heavy (non-hydrogen) atoms. The van der Waals surface area contributed by atoms with Gasteiger partial charge in [0.15, 0.2) is 11.9 Å². The van der Waals surface area contributed by atoms with E-state index >= 15 is 0 Å². The Kier molecular flexibility index (Phi) is 6.49. The molecule has 0 spiro atoms. The highest BCUT2D eigenvalue weighted by Gasteiger charge is 2.42. The fraction of sp³-hybridized carbons (Fsp3) is 0.333. The molecule has 0 radical (unpaired) electrons. The van der Waals surface area contributed by atoms with E-state index < -0.39 is 29.9 Å². The number of benzene rings is 2. The van der Waals surface area contributed by atoms with Crippen molar-refractivity contribution in [2.24, 2.45) is 5.16 Å². The maximum Gasteiger partial charge on any atom is 0.177 e. The number of rotatable bonds is 5. The highest BCUT2D eigenvalue weighted by Crippen LogP contribution is 2.38. The van der Waals surface area contributed by atoms with Crippen molar-refractivity contribution in [2.45, 2.75) is 44.9 Å². The minimum atomic E-state index is -0.899. The van der Waals surface area contributed by atoms with Crippen molar-refractivity contribution in [3.63, 3.8) is 0 Å². The van der Waals surface area contributed by atoms with E-state index in [0.717, 1.165) is 41.4 Å². The van der Waals surface area contributed by atoms with Crippen LogP contribution in [0.5, 0.6) is 5.75 Å². The largest absolute Gasteiger partial charge is 0.495 e. The molecule has 3 aromatic rings. The first-order chi connectivity index (χ1) is 17.3.